The summed E-state index contributed by atoms with van der Waals surface area (Å²) in [4.78, 5) is 0. The number of rotatable bonds is 2. The van der Waals surface area contributed by atoms with E-state index >= 15 is 0 Å². The minimum atomic E-state index is -0.602. The molecule has 0 spiro atoms. The van der Waals surface area contributed by atoms with Crippen LogP contribution >= 0.6 is 0 Å². The number of aliphatic hydroxyl groups excluding tert-OH is 1. The fraction of sp³-hybridized carbons (Fsp3) is 1.00. The van der Waals surface area contributed by atoms with Crippen LogP contribution in [0, 0.1) is 0 Å². The molecule has 0 aromatic carbocycles. The Hall–Kier alpha value is 1.18. The molecule has 1 unspecified atom stereocenters. The van der Waals surface area contributed by atoms with Gasteiger partial charge in [0.05, 0.1) is 0 Å². The van der Waals surface area contributed by atoms with E-state index in [0.29, 0.717) is 6.42 Å². The molecule has 6 nitrogen and oxygen atoms in total. The van der Waals surface area contributed by atoms with Crippen LogP contribution in [-0.2, 0) is 30.0 Å². The maximum atomic E-state index is 8.42. The van der Waals surface area contributed by atoms with Crippen LogP contribution in [0.15, 0.2) is 0 Å². The molecule has 0 aliphatic rings. The Morgan fingerprint density at radius 2 is 1.55 bits per heavy atom. The van der Waals surface area contributed by atoms with Crippen molar-refractivity contribution >= 4 is 16.6 Å². The molecule has 0 heterocycles. The maximum Gasteiger partial charge on any atom is 0.373 e. The maximum absolute atomic E-state index is 8.42. The van der Waals surface area contributed by atoms with E-state index < -0.39 is 6.29 Å². The van der Waals surface area contributed by atoms with E-state index in [0.717, 1.165) is 0 Å². The summed E-state index contributed by atoms with van der Waals surface area (Å²) in [5.74, 6) is 0. The average Bonchev–Trinajstić information content (AvgIpc) is 1.65. The first-order chi connectivity index (χ1) is 2.81. The van der Waals surface area contributed by atoms with Crippen molar-refractivity contribution in [3.63, 3.8) is 0 Å². The average molecular weight is 265 g/mol. The zero-order chi connectivity index (χ0) is 4.99. The van der Waals surface area contributed by atoms with Crippen LogP contribution in [0.25, 0.3) is 0 Å². The van der Waals surface area contributed by atoms with Crippen LogP contribution in [0.4, 0.5) is 0 Å². The quantitative estimate of drug-likeness (QED) is 0.406. The minimum absolute atomic E-state index is 0. The second kappa shape index (κ2) is 30.3. The van der Waals surface area contributed by atoms with Crippen molar-refractivity contribution in [2.45, 2.75) is 19.6 Å². The van der Waals surface area contributed by atoms with Gasteiger partial charge in [-0.05, 0) is 6.42 Å². The monoisotopic (exact) mass is 264 g/mol. The first-order valence-electron chi connectivity index (χ1n) is 1.84. The fourth-order valence-corrected chi connectivity index (χ4v) is 0.289. The summed E-state index contributed by atoms with van der Waals surface area (Å²) in [6.45, 7) is 1.84. The molecule has 1 atom stereocenters. The Bertz CT molecular complexity index is 37.0. The van der Waals surface area contributed by atoms with E-state index in [4.69, 9.17) is 5.11 Å². The third kappa shape index (κ3) is 35.1. The molecule has 0 aromatic rings. The van der Waals surface area contributed by atoms with Gasteiger partial charge >= 0.3 is 16.6 Å². The van der Waals surface area contributed by atoms with Crippen molar-refractivity contribution in [2.75, 3.05) is 0 Å². The molecule has 9 N–H and O–H groups in total. The predicted octanol–water partition coefficient (Wildman–Crippen LogP) is -3.49. The molecular weight excluding hydrogens is 250 g/mol. The second-order valence-corrected chi connectivity index (χ2v) is 1.27. The molecule has 0 fully saturated rings. The van der Waals surface area contributed by atoms with E-state index in [-0.39, 0.29) is 48.1 Å². The predicted molar refractivity (Wildman–Crippen MR) is 37.6 cm³/mol. The molecule has 0 aliphatic heterocycles. The van der Waals surface area contributed by atoms with Crippen LogP contribution in [0.3, 0.4) is 0 Å². The van der Waals surface area contributed by atoms with E-state index in [9.17, 15) is 0 Å². The summed E-state index contributed by atoms with van der Waals surface area (Å²) >= 11 is 1.99. The number of aliphatic hydroxyl groups is 1. The third-order valence-electron chi connectivity index (χ3n) is 0.506. The van der Waals surface area contributed by atoms with Gasteiger partial charge in [0, 0.05) is 26.2 Å². The fourth-order valence-electron chi connectivity index (χ4n) is 0.0962. The first-order valence-corrected chi connectivity index (χ1v) is 2.32. The topological polar surface area (TPSA) is 155 Å². The molecule has 2 radical (unpaired) electrons. The van der Waals surface area contributed by atoms with Gasteiger partial charge in [-0.3, -0.25) is 0 Å². The van der Waals surface area contributed by atoms with Crippen molar-refractivity contribution in [1.82, 2.24) is 0 Å². The Balaban J connectivity index is -0.0000000125. The zero-order valence-corrected chi connectivity index (χ0v) is 9.83. The van der Waals surface area contributed by atoms with Gasteiger partial charge in [-0.15, -0.1) is 0 Å². The molecular formula is C3H15AlO6Zr. The normalized spacial score (nSPS) is 7.82. The van der Waals surface area contributed by atoms with Gasteiger partial charge in [0.1, 0.15) is 6.29 Å². The van der Waals surface area contributed by atoms with Gasteiger partial charge in [-0.25, -0.2) is 0 Å². The van der Waals surface area contributed by atoms with Gasteiger partial charge in [0.15, 0.2) is 0 Å². The SMILES string of the molecule is CCC(O)[O][Al].O.O.O.O.[Zr]. The summed E-state index contributed by atoms with van der Waals surface area (Å²) < 4.78 is 4.37. The van der Waals surface area contributed by atoms with Crippen LogP contribution in [-0.4, -0.2) is 49.9 Å². The van der Waals surface area contributed by atoms with Crippen LogP contribution in [0.1, 0.15) is 13.3 Å². The smallest absolute Gasteiger partial charge is 0.373 e. The molecule has 8 heteroatoms. The Kier molecular flexibility index (Phi) is 110. The van der Waals surface area contributed by atoms with Crippen LogP contribution in [0.2, 0.25) is 0 Å². The molecule has 0 bridgehead atoms. The molecule has 0 saturated heterocycles. The summed E-state index contributed by atoms with van der Waals surface area (Å²) in [6, 6.07) is 0. The van der Waals surface area contributed by atoms with Crippen molar-refractivity contribution in [1.29, 1.82) is 0 Å². The van der Waals surface area contributed by atoms with E-state index in [1.165, 1.54) is 0 Å². The van der Waals surface area contributed by atoms with Crippen molar-refractivity contribution in [3.05, 3.63) is 0 Å². The summed E-state index contributed by atoms with van der Waals surface area (Å²) in [5, 5.41) is 8.42. The zero-order valence-electron chi connectivity index (χ0n) is 6.22. The van der Waals surface area contributed by atoms with Crippen molar-refractivity contribution in [2.24, 2.45) is 0 Å². The standard InChI is InChI=1S/C3H7O2.Al.4H2O.Zr/c1-2-3(4)5;;;;;;/h3-4H,2H2,1H3;;4*1H2;/q-1;+1;;;;;. The third-order valence-corrected chi connectivity index (χ3v) is 0.820. The van der Waals surface area contributed by atoms with Gasteiger partial charge in [-0.2, -0.15) is 0 Å². The summed E-state index contributed by atoms with van der Waals surface area (Å²) in [5.41, 5.74) is 0. The molecule has 0 aliphatic carbocycles. The second-order valence-electron chi connectivity index (χ2n) is 0.999. The van der Waals surface area contributed by atoms with E-state index in [1.54, 1.807) is 0 Å². The molecule has 11 heavy (non-hydrogen) atoms. The Morgan fingerprint density at radius 1 is 1.27 bits per heavy atom. The van der Waals surface area contributed by atoms with Gasteiger partial charge in [0.2, 0.25) is 0 Å². The number of hydrogen-bond acceptors (Lipinski definition) is 2. The van der Waals surface area contributed by atoms with Gasteiger partial charge in [-0.1, -0.05) is 6.92 Å². The molecule has 0 rings (SSSR count). The van der Waals surface area contributed by atoms with Crippen LogP contribution < -0.4 is 0 Å². The van der Waals surface area contributed by atoms with E-state index in [2.05, 4.69) is 3.79 Å². The Labute approximate surface area is 93.0 Å². The summed E-state index contributed by atoms with van der Waals surface area (Å²) in [7, 11) is 0. The van der Waals surface area contributed by atoms with Gasteiger partial charge < -0.3 is 30.8 Å². The first kappa shape index (κ1) is 39.9. The van der Waals surface area contributed by atoms with Crippen LogP contribution in [0.5, 0.6) is 0 Å². The number of hydrogen-bond donors (Lipinski definition) is 1. The largest absolute Gasteiger partial charge is 0.495 e. The molecule has 0 saturated carbocycles. The molecule has 0 amide bonds. The van der Waals surface area contributed by atoms with Crippen molar-refractivity contribution in [3.8, 4) is 0 Å². The van der Waals surface area contributed by atoms with Gasteiger partial charge in [0.25, 0.3) is 0 Å². The minimum Gasteiger partial charge on any atom is -0.495 e. The summed E-state index contributed by atoms with van der Waals surface area (Å²) in [6.07, 6.45) is 0.0405. The van der Waals surface area contributed by atoms with E-state index in [1.807, 2.05) is 23.5 Å². The molecule has 70 valence electrons. The van der Waals surface area contributed by atoms with Crippen molar-refractivity contribution < 1.29 is 57.0 Å². The molecule has 0 aromatic heterocycles. The Morgan fingerprint density at radius 3 is 1.55 bits per heavy atom.